The molecular weight excluding hydrogens is 248 g/mol. The van der Waals surface area contributed by atoms with Crippen LogP contribution in [0.4, 0.5) is 0 Å². The van der Waals surface area contributed by atoms with E-state index in [-0.39, 0.29) is 12.2 Å². The maximum Gasteiger partial charge on any atom is 0.335 e. The summed E-state index contributed by atoms with van der Waals surface area (Å²) >= 11 is 0. The molecule has 1 aromatic carbocycles. The summed E-state index contributed by atoms with van der Waals surface area (Å²) in [6.07, 6.45) is 4.74. The van der Waals surface area contributed by atoms with Crippen LogP contribution < -0.4 is 9.47 Å². The van der Waals surface area contributed by atoms with Crippen molar-refractivity contribution in [3.8, 4) is 11.5 Å². The van der Waals surface area contributed by atoms with Crippen LogP contribution in [-0.2, 0) is 6.61 Å². The first kappa shape index (κ1) is 12.8. The van der Waals surface area contributed by atoms with E-state index < -0.39 is 5.97 Å². The van der Waals surface area contributed by atoms with Crippen LogP contribution in [0.5, 0.6) is 11.5 Å². The van der Waals surface area contributed by atoms with Crippen molar-refractivity contribution in [1.82, 2.24) is 9.97 Å². The lowest BCUT2D eigenvalue weighted by Gasteiger charge is -2.10. The highest BCUT2D eigenvalue weighted by atomic mass is 16.5. The molecule has 2 rings (SSSR count). The van der Waals surface area contributed by atoms with Gasteiger partial charge < -0.3 is 14.6 Å². The highest BCUT2D eigenvalue weighted by molar-refractivity contribution is 5.88. The molecule has 0 saturated carbocycles. The maximum absolute atomic E-state index is 10.8. The molecule has 0 fully saturated rings. The van der Waals surface area contributed by atoms with Crippen LogP contribution in [0.2, 0.25) is 0 Å². The van der Waals surface area contributed by atoms with E-state index in [0.29, 0.717) is 17.2 Å². The summed E-state index contributed by atoms with van der Waals surface area (Å²) < 4.78 is 10.6. The molecule has 2 aromatic rings. The fourth-order valence-electron chi connectivity index (χ4n) is 1.48. The first-order chi connectivity index (χ1) is 9.20. The van der Waals surface area contributed by atoms with E-state index in [1.54, 1.807) is 24.7 Å². The number of aromatic nitrogens is 2. The number of benzene rings is 1. The number of aromatic carboxylic acids is 1. The van der Waals surface area contributed by atoms with Crippen molar-refractivity contribution in [2.24, 2.45) is 0 Å². The predicted molar refractivity (Wildman–Crippen MR) is 66.3 cm³/mol. The first-order valence-corrected chi connectivity index (χ1v) is 5.49. The van der Waals surface area contributed by atoms with Crippen LogP contribution in [0.1, 0.15) is 16.1 Å². The van der Waals surface area contributed by atoms with Gasteiger partial charge in [0.05, 0.1) is 24.6 Å². The van der Waals surface area contributed by atoms with E-state index >= 15 is 0 Å². The molecule has 0 saturated heterocycles. The predicted octanol–water partition coefficient (Wildman–Crippen LogP) is 1.76. The average Bonchev–Trinajstić information content (AvgIpc) is 2.45. The molecule has 0 amide bonds. The van der Waals surface area contributed by atoms with E-state index in [1.807, 2.05) is 0 Å². The molecule has 0 bridgehead atoms. The molecular formula is C13H12N2O4. The number of methoxy groups -OCH3 is 1. The Kier molecular flexibility index (Phi) is 3.92. The minimum atomic E-state index is -1.02. The van der Waals surface area contributed by atoms with E-state index in [9.17, 15) is 4.79 Å². The zero-order chi connectivity index (χ0) is 13.7. The summed E-state index contributed by atoms with van der Waals surface area (Å²) in [6.45, 7) is 0.233. The first-order valence-electron chi connectivity index (χ1n) is 5.49. The van der Waals surface area contributed by atoms with Gasteiger partial charge in [-0.1, -0.05) is 0 Å². The van der Waals surface area contributed by atoms with Crippen LogP contribution >= 0.6 is 0 Å². The maximum atomic E-state index is 10.8. The minimum Gasteiger partial charge on any atom is -0.493 e. The Morgan fingerprint density at radius 1 is 1.32 bits per heavy atom. The molecule has 0 aliphatic heterocycles. The van der Waals surface area contributed by atoms with Crippen molar-refractivity contribution < 1.29 is 19.4 Å². The second-order valence-corrected chi connectivity index (χ2v) is 3.66. The Hall–Kier alpha value is -2.63. The van der Waals surface area contributed by atoms with Crippen LogP contribution in [0.15, 0.2) is 36.8 Å². The lowest BCUT2D eigenvalue weighted by molar-refractivity contribution is 0.0696. The van der Waals surface area contributed by atoms with Gasteiger partial charge in [-0.3, -0.25) is 9.97 Å². The summed E-state index contributed by atoms with van der Waals surface area (Å²) in [5.41, 5.74) is 0.815. The van der Waals surface area contributed by atoms with Gasteiger partial charge >= 0.3 is 5.97 Å². The van der Waals surface area contributed by atoms with Gasteiger partial charge in [0.2, 0.25) is 0 Å². The molecule has 6 nitrogen and oxygen atoms in total. The number of hydrogen-bond donors (Lipinski definition) is 1. The molecule has 0 aliphatic carbocycles. The summed E-state index contributed by atoms with van der Waals surface area (Å²) in [5.74, 6) is -0.194. The fraction of sp³-hybridized carbons (Fsp3) is 0.154. The number of carboxylic acids is 1. The highest BCUT2D eigenvalue weighted by Gasteiger charge is 2.10. The summed E-state index contributed by atoms with van der Waals surface area (Å²) in [4.78, 5) is 18.8. The number of hydrogen-bond acceptors (Lipinski definition) is 5. The Bertz CT molecular complexity index is 572. The third-order valence-corrected chi connectivity index (χ3v) is 2.40. The van der Waals surface area contributed by atoms with Gasteiger partial charge in [-0.05, 0) is 18.2 Å². The topological polar surface area (TPSA) is 81.5 Å². The van der Waals surface area contributed by atoms with Crippen molar-refractivity contribution in [2.75, 3.05) is 7.11 Å². The molecule has 19 heavy (non-hydrogen) atoms. The SMILES string of the molecule is COc1cc(C(=O)O)ccc1OCc1cnccn1. The second-order valence-electron chi connectivity index (χ2n) is 3.66. The molecule has 0 spiro atoms. The van der Waals surface area contributed by atoms with Gasteiger partial charge in [0.25, 0.3) is 0 Å². The number of nitrogens with zero attached hydrogens (tertiary/aromatic N) is 2. The summed E-state index contributed by atoms with van der Waals surface area (Å²) in [5, 5.41) is 8.89. The van der Waals surface area contributed by atoms with E-state index in [4.69, 9.17) is 14.6 Å². The minimum absolute atomic E-state index is 0.142. The molecule has 6 heteroatoms. The monoisotopic (exact) mass is 260 g/mol. The lowest BCUT2D eigenvalue weighted by Crippen LogP contribution is -2.02. The van der Waals surface area contributed by atoms with Crippen LogP contribution in [0.25, 0.3) is 0 Å². The molecule has 0 atom stereocenters. The Morgan fingerprint density at radius 3 is 2.79 bits per heavy atom. The van der Waals surface area contributed by atoms with Crippen molar-refractivity contribution in [3.63, 3.8) is 0 Å². The normalized spacial score (nSPS) is 9.95. The van der Waals surface area contributed by atoms with Crippen LogP contribution in [-0.4, -0.2) is 28.2 Å². The summed E-state index contributed by atoms with van der Waals surface area (Å²) in [7, 11) is 1.45. The number of ether oxygens (including phenoxy) is 2. The van der Waals surface area contributed by atoms with Crippen molar-refractivity contribution in [3.05, 3.63) is 48.0 Å². The molecule has 0 aliphatic rings. The molecule has 0 radical (unpaired) electrons. The van der Waals surface area contributed by atoms with Gasteiger partial charge in [-0.2, -0.15) is 0 Å². The summed E-state index contributed by atoms with van der Waals surface area (Å²) in [6, 6.07) is 4.42. The van der Waals surface area contributed by atoms with Crippen LogP contribution in [0.3, 0.4) is 0 Å². The lowest BCUT2D eigenvalue weighted by atomic mass is 10.2. The second kappa shape index (κ2) is 5.81. The zero-order valence-electron chi connectivity index (χ0n) is 10.2. The van der Waals surface area contributed by atoms with E-state index in [0.717, 1.165) is 0 Å². The van der Waals surface area contributed by atoms with Crippen LogP contribution in [0, 0.1) is 0 Å². The molecule has 1 aromatic heterocycles. The standard InChI is InChI=1S/C13H12N2O4/c1-18-12-6-9(13(16)17)2-3-11(12)19-8-10-7-14-4-5-15-10/h2-7H,8H2,1H3,(H,16,17). The van der Waals surface area contributed by atoms with Crippen molar-refractivity contribution in [2.45, 2.75) is 6.61 Å². The van der Waals surface area contributed by atoms with Crippen molar-refractivity contribution >= 4 is 5.97 Å². The fourth-order valence-corrected chi connectivity index (χ4v) is 1.48. The molecule has 1 heterocycles. The third-order valence-electron chi connectivity index (χ3n) is 2.40. The van der Waals surface area contributed by atoms with E-state index in [1.165, 1.54) is 19.2 Å². The quantitative estimate of drug-likeness (QED) is 0.882. The van der Waals surface area contributed by atoms with Gasteiger partial charge in [0.1, 0.15) is 6.61 Å². The van der Waals surface area contributed by atoms with Gasteiger partial charge in [0.15, 0.2) is 11.5 Å². The van der Waals surface area contributed by atoms with Gasteiger partial charge in [-0.25, -0.2) is 4.79 Å². The smallest absolute Gasteiger partial charge is 0.335 e. The largest absolute Gasteiger partial charge is 0.493 e. The van der Waals surface area contributed by atoms with Crippen molar-refractivity contribution in [1.29, 1.82) is 0 Å². The van der Waals surface area contributed by atoms with Gasteiger partial charge in [-0.15, -0.1) is 0 Å². The number of rotatable bonds is 5. The Balaban J connectivity index is 2.14. The molecule has 1 N–H and O–H groups in total. The average molecular weight is 260 g/mol. The zero-order valence-corrected chi connectivity index (χ0v) is 10.2. The van der Waals surface area contributed by atoms with E-state index in [2.05, 4.69) is 9.97 Å². The van der Waals surface area contributed by atoms with Gasteiger partial charge in [0, 0.05) is 12.4 Å². The number of carbonyl (C=O) groups is 1. The molecule has 98 valence electrons. The highest BCUT2D eigenvalue weighted by Crippen LogP contribution is 2.28. The Labute approximate surface area is 109 Å². The molecule has 0 unspecified atom stereocenters. The number of carboxylic acid groups (broad SMARTS) is 1. The Morgan fingerprint density at radius 2 is 2.16 bits per heavy atom. The third kappa shape index (κ3) is 3.19.